The molecule has 0 amide bonds. The maximum atomic E-state index is 9.26. The van der Waals surface area contributed by atoms with E-state index in [1.807, 2.05) is 42.6 Å². The minimum absolute atomic E-state index is 0.272. The number of hydrogen-bond acceptors (Lipinski definition) is 1. The molecule has 1 heteroatoms. The predicted molar refractivity (Wildman–Crippen MR) is 95.6 cm³/mol. The van der Waals surface area contributed by atoms with Gasteiger partial charge >= 0.3 is 0 Å². The Morgan fingerprint density at radius 3 is 2.35 bits per heavy atom. The minimum atomic E-state index is -0.659. The summed E-state index contributed by atoms with van der Waals surface area (Å²) in [7, 11) is 0. The minimum Gasteiger partial charge on any atom is -0.256 e. The molecule has 1 heterocycles. The standard InChI is InChI=1S/C22H21N/c1-22(2)19(16-9-5-3-6-10-16)13-18-14-21(23-15-20(18)22)17-11-7-4-8-12-17/h3-12,14-15,19H,13H2,1-2H3/i19D. The SMILES string of the molecule is [2H]C1(c2ccccc2)Cc2cc(-c3ccccc3)ncc2C1(C)C. The first-order valence-electron chi connectivity index (χ1n) is 8.63. The van der Waals surface area contributed by atoms with Crippen LogP contribution in [-0.2, 0) is 11.8 Å². The number of pyridine rings is 1. The van der Waals surface area contributed by atoms with Gasteiger partial charge in [-0.2, -0.15) is 0 Å². The van der Waals surface area contributed by atoms with Crippen LogP contribution in [0.4, 0.5) is 0 Å². The van der Waals surface area contributed by atoms with Crippen molar-refractivity contribution in [3.8, 4) is 11.3 Å². The van der Waals surface area contributed by atoms with Crippen LogP contribution in [0.1, 0.15) is 37.8 Å². The molecule has 4 rings (SSSR count). The molecule has 2 aromatic carbocycles. The zero-order valence-electron chi connectivity index (χ0n) is 14.6. The van der Waals surface area contributed by atoms with E-state index in [-0.39, 0.29) is 5.41 Å². The molecular weight excluding hydrogens is 278 g/mol. The Morgan fingerprint density at radius 2 is 1.65 bits per heavy atom. The van der Waals surface area contributed by atoms with Gasteiger partial charge in [-0.15, -0.1) is 0 Å². The van der Waals surface area contributed by atoms with Crippen molar-refractivity contribution in [3.63, 3.8) is 0 Å². The summed E-state index contributed by atoms with van der Waals surface area (Å²) in [5.74, 6) is -0.659. The van der Waals surface area contributed by atoms with E-state index in [2.05, 4.69) is 44.2 Å². The predicted octanol–water partition coefficient (Wildman–Crippen LogP) is 5.37. The maximum Gasteiger partial charge on any atom is 0.0704 e. The van der Waals surface area contributed by atoms with Crippen molar-refractivity contribution in [3.05, 3.63) is 89.6 Å². The van der Waals surface area contributed by atoms with Crippen LogP contribution in [0.2, 0.25) is 0 Å². The molecule has 1 unspecified atom stereocenters. The van der Waals surface area contributed by atoms with E-state index in [9.17, 15) is 1.37 Å². The molecular formula is C22H21N. The van der Waals surface area contributed by atoms with E-state index in [0.29, 0.717) is 0 Å². The first-order chi connectivity index (χ1) is 11.5. The lowest BCUT2D eigenvalue weighted by molar-refractivity contribution is 0.447. The van der Waals surface area contributed by atoms with Crippen molar-refractivity contribution in [2.75, 3.05) is 0 Å². The molecule has 114 valence electrons. The second-order valence-corrected chi connectivity index (χ2v) is 6.74. The van der Waals surface area contributed by atoms with Gasteiger partial charge in [0.1, 0.15) is 0 Å². The molecule has 0 N–H and O–H groups in total. The highest BCUT2D eigenvalue weighted by molar-refractivity contribution is 5.61. The molecule has 1 aliphatic carbocycles. The summed E-state index contributed by atoms with van der Waals surface area (Å²) in [5.41, 5.74) is 5.36. The van der Waals surface area contributed by atoms with Gasteiger partial charge in [-0.25, -0.2) is 0 Å². The van der Waals surface area contributed by atoms with Gasteiger partial charge in [0.15, 0.2) is 0 Å². The molecule has 23 heavy (non-hydrogen) atoms. The Kier molecular flexibility index (Phi) is 3.04. The van der Waals surface area contributed by atoms with Crippen molar-refractivity contribution in [1.29, 1.82) is 0 Å². The molecule has 3 aromatic rings. The van der Waals surface area contributed by atoms with Gasteiger partial charge < -0.3 is 0 Å². The number of fused-ring (bicyclic) bond motifs is 1. The van der Waals surface area contributed by atoms with E-state index in [4.69, 9.17) is 4.98 Å². The monoisotopic (exact) mass is 300 g/mol. The van der Waals surface area contributed by atoms with Gasteiger partial charge in [0.05, 0.1) is 5.69 Å². The van der Waals surface area contributed by atoms with E-state index in [1.165, 1.54) is 11.1 Å². The fourth-order valence-corrected chi connectivity index (χ4v) is 3.65. The molecule has 0 radical (unpaired) electrons. The molecule has 1 atom stereocenters. The van der Waals surface area contributed by atoms with E-state index >= 15 is 0 Å². The van der Waals surface area contributed by atoms with Gasteiger partial charge in [0.2, 0.25) is 0 Å². The van der Waals surface area contributed by atoms with Crippen molar-refractivity contribution < 1.29 is 1.37 Å². The summed E-state index contributed by atoms with van der Waals surface area (Å²) in [6, 6.07) is 22.6. The molecule has 1 nitrogen and oxygen atoms in total. The van der Waals surface area contributed by atoms with Crippen molar-refractivity contribution in [2.45, 2.75) is 31.6 Å². The first-order valence-corrected chi connectivity index (χ1v) is 8.13. The van der Waals surface area contributed by atoms with Gasteiger partial charge in [0, 0.05) is 13.1 Å². The third-order valence-corrected chi connectivity index (χ3v) is 4.98. The smallest absolute Gasteiger partial charge is 0.0704 e. The number of hydrogen-bond donors (Lipinski definition) is 0. The lowest BCUT2D eigenvalue weighted by Crippen LogP contribution is -2.22. The number of benzene rings is 2. The summed E-state index contributed by atoms with van der Waals surface area (Å²) in [6.07, 6.45) is 2.71. The fraction of sp³-hybridized carbons (Fsp3) is 0.227. The summed E-state index contributed by atoms with van der Waals surface area (Å²) in [6.45, 7) is 4.34. The number of aromatic nitrogens is 1. The Balaban J connectivity index is 1.82. The molecule has 0 saturated carbocycles. The van der Waals surface area contributed by atoms with Crippen LogP contribution in [0.3, 0.4) is 0 Å². The normalized spacial score (nSPS) is 22.4. The van der Waals surface area contributed by atoms with Crippen LogP contribution < -0.4 is 0 Å². The Labute approximate surface area is 139 Å². The highest BCUT2D eigenvalue weighted by atomic mass is 14.7. The third kappa shape index (κ3) is 2.37. The molecule has 0 spiro atoms. The number of nitrogens with zero attached hydrogens (tertiary/aromatic N) is 1. The van der Waals surface area contributed by atoms with Crippen LogP contribution in [0.25, 0.3) is 11.3 Å². The average molecular weight is 300 g/mol. The van der Waals surface area contributed by atoms with E-state index in [0.717, 1.165) is 23.2 Å². The summed E-state index contributed by atoms with van der Waals surface area (Å²) in [4.78, 5) is 4.69. The Morgan fingerprint density at radius 1 is 1.00 bits per heavy atom. The van der Waals surface area contributed by atoms with Crippen LogP contribution in [0.15, 0.2) is 72.9 Å². The maximum absolute atomic E-state index is 9.26. The second-order valence-electron chi connectivity index (χ2n) is 6.74. The van der Waals surface area contributed by atoms with Gasteiger partial charge in [0.25, 0.3) is 0 Å². The lowest BCUT2D eigenvalue weighted by atomic mass is 9.75. The van der Waals surface area contributed by atoms with Crippen LogP contribution >= 0.6 is 0 Å². The van der Waals surface area contributed by atoms with E-state index in [1.54, 1.807) is 0 Å². The first kappa shape index (κ1) is 13.1. The number of rotatable bonds is 2. The molecule has 0 fully saturated rings. The highest BCUT2D eigenvalue weighted by Crippen LogP contribution is 2.48. The zero-order chi connectivity index (χ0) is 16.8. The topological polar surface area (TPSA) is 12.9 Å². The lowest BCUT2D eigenvalue weighted by Gasteiger charge is -2.28. The third-order valence-electron chi connectivity index (χ3n) is 4.98. The van der Waals surface area contributed by atoms with Crippen LogP contribution in [-0.4, -0.2) is 4.98 Å². The van der Waals surface area contributed by atoms with Gasteiger partial charge in [-0.1, -0.05) is 74.5 Å². The average Bonchev–Trinajstić information content (AvgIpc) is 2.83. The quantitative estimate of drug-likeness (QED) is 0.620. The van der Waals surface area contributed by atoms with Crippen LogP contribution in [0.5, 0.6) is 0 Å². The van der Waals surface area contributed by atoms with Crippen molar-refractivity contribution in [2.24, 2.45) is 0 Å². The molecule has 0 bridgehead atoms. The van der Waals surface area contributed by atoms with Crippen molar-refractivity contribution >= 4 is 0 Å². The van der Waals surface area contributed by atoms with E-state index < -0.39 is 5.89 Å². The van der Waals surface area contributed by atoms with Crippen LogP contribution in [0, 0.1) is 0 Å². The van der Waals surface area contributed by atoms with Gasteiger partial charge in [-0.3, -0.25) is 4.98 Å². The Bertz CT molecular complexity index is 871. The summed E-state index contributed by atoms with van der Waals surface area (Å²) in [5, 5.41) is 0. The fourth-order valence-electron chi connectivity index (χ4n) is 3.65. The van der Waals surface area contributed by atoms with Gasteiger partial charge in [-0.05, 0) is 40.5 Å². The second kappa shape index (κ2) is 5.34. The summed E-state index contributed by atoms with van der Waals surface area (Å²) < 4.78 is 9.26. The molecule has 0 saturated heterocycles. The highest BCUT2D eigenvalue weighted by Gasteiger charge is 2.40. The molecule has 0 aliphatic heterocycles. The largest absolute Gasteiger partial charge is 0.256 e. The van der Waals surface area contributed by atoms with Crippen molar-refractivity contribution in [1.82, 2.24) is 4.98 Å². The molecule has 1 aliphatic rings. The zero-order valence-corrected chi connectivity index (χ0v) is 13.6. The molecule has 1 aromatic heterocycles. The Hall–Kier alpha value is -2.41. The summed E-state index contributed by atoms with van der Waals surface area (Å²) >= 11 is 0.